The third-order valence-electron chi connectivity index (χ3n) is 3.01. The molecule has 0 aliphatic carbocycles. The van der Waals surface area contributed by atoms with E-state index in [1.54, 1.807) is 32.4 Å². The van der Waals surface area contributed by atoms with E-state index >= 15 is 0 Å². The van der Waals surface area contributed by atoms with Gasteiger partial charge in [0.2, 0.25) is 0 Å². The molecule has 0 spiro atoms. The van der Waals surface area contributed by atoms with Crippen molar-refractivity contribution in [3.8, 4) is 11.5 Å². The molecule has 0 bridgehead atoms. The van der Waals surface area contributed by atoms with Gasteiger partial charge in [-0.3, -0.25) is 4.79 Å². The average molecular weight is 335 g/mol. The van der Waals surface area contributed by atoms with Gasteiger partial charge >= 0.3 is 0 Å². The van der Waals surface area contributed by atoms with Crippen molar-refractivity contribution in [1.29, 1.82) is 0 Å². The first-order valence-electron chi connectivity index (χ1n) is 6.09. The van der Waals surface area contributed by atoms with Crippen molar-refractivity contribution in [2.45, 2.75) is 6.92 Å². The summed E-state index contributed by atoms with van der Waals surface area (Å²) in [6.07, 6.45) is 0. The molecule has 0 atom stereocenters. The monoisotopic (exact) mass is 334 g/mol. The van der Waals surface area contributed by atoms with Gasteiger partial charge in [0.15, 0.2) is 17.3 Å². The van der Waals surface area contributed by atoms with Crippen LogP contribution in [-0.2, 0) is 0 Å². The third kappa shape index (κ3) is 2.85. The number of ketones is 1. The first-order chi connectivity index (χ1) is 9.56. The van der Waals surface area contributed by atoms with Crippen LogP contribution >= 0.6 is 15.9 Å². The van der Waals surface area contributed by atoms with Gasteiger partial charge in [0.25, 0.3) is 0 Å². The molecule has 0 aliphatic heterocycles. The lowest BCUT2D eigenvalue weighted by Gasteiger charge is -2.10. The van der Waals surface area contributed by atoms with Crippen molar-refractivity contribution >= 4 is 21.7 Å². The predicted molar refractivity (Wildman–Crippen MR) is 81.9 cm³/mol. The SMILES string of the molecule is COc1ccc(C(=O)c2ccc(C)cc2Br)cc1OC. The van der Waals surface area contributed by atoms with Gasteiger partial charge in [-0.25, -0.2) is 0 Å². The minimum absolute atomic E-state index is 0.0576. The summed E-state index contributed by atoms with van der Waals surface area (Å²) in [5.74, 6) is 1.09. The maximum Gasteiger partial charge on any atom is 0.194 e. The molecule has 0 heterocycles. The number of hydrogen-bond donors (Lipinski definition) is 0. The Morgan fingerprint density at radius 2 is 1.70 bits per heavy atom. The Bertz CT molecular complexity index is 650. The molecule has 0 fully saturated rings. The molecule has 0 aromatic heterocycles. The van der Waals surface area contributed by atoms with Crippen LogP contribution in [0, 0.1) is 6.92 Å². The fraction of sp³-hybridized carbons (Fsp3) is 0.188. The summed E-state index contributed by atoms with van der Waals surface area (Å²) in [4.78, 5) is 12.5. The van der Waals surface area contributed by atoms with E-state index in [4.69, 9.17) is 9.47 Å². The normalized spacial score (nSPS) is 10.2. The molecule has 4 heteroatoms. The fourth-order valence-corrected chi connectivity index (χ4v) is 2.61. The topological polar surface area (TPSA) is 35.5 Å². The summed E-state index contributed by atoms with van der Waals surface area (Å²) in [5.41, 5.74) is 2.29. The maximum absolute atomic E-state index is 12.5. The number of hydrogen-bond acceptors (Lipinski definition) is 3. The van der Waals surface area contributed by atoms with Crippen LogP contribution in [0.1, 0.15) is 21.5 Å². The van der Waals surface area contributed by atoms with Gasteiger partial charge in [0.05, 0.1) is 14.2 Å². The predicted octanol–water partition coefficient (Wildman–Crippen LogP) is 4.01. The van der Waals surface area contributed by atoms with Crippen molar-refractivity contribution in [1.82, 2.24) is 0 Å². The van der Waals surface area contributed by atoms with Crippen LogP contribution in [0.4, 0.5) is 0 Å². The van der Waals surface area contributed by atoms with Crippen LogP contribution in [0.25, 0.3) is 0 Å². The minimum Gasteiger partial charge on any atom is -0.493 e. The Balaban J connectivity index is 2.43. The fourth-order valence-electron chi connectivity index (χ4n) is 1.94. The van der Waals surface area contributed by atoms with Gasteiger partial charge in [-0.15, -0.1) is 0 Å². The highest BCUT2D eigenvalue weighted by atomic mass is 79.9. The highest BCUT2D eigenvalue weighted by Crippen LogP contribution is 2.29. The summed E-state index contributed by atoms with van der Waals surface area (Å²) in [7, 11) is 3.11. The second-order valence-electron chi connectivity index (χ2n) is 4.38. The number of carbonyl (C=O) groups is 1. The van der Waals surface area contributed by atoms with Crippen LogP contribution < -0.4 is 9.47 Å². The second-order valence-corrected chi connectivity index (χ2v) is 5.24. The minimum atomic E-state index is -0.0576. The van der Waals surface area contributed by atoms with Crippen molar-refractivity contribution < 1.29 is 14.3 Å². The van der Waals surface area contributed by atoms with Crippen LogP contribution in [0.2, 0.25) is 0 Å². The number of benzene rings is 2. The Morgan fingerprint density at radius 3 is 2.30 bits per heavy atom. The summed E-state index contributed by atoms with van der Waals surface area (Å²) in [5, 5.41) is 0. The molecule has 2 aromatic carbocycles. The number of halogens is 1. The smallest absolute Gasteiger partial charge is 0.194 e. The number of carbonyl (C=O) groups excluding carboxylic acids is 1. The molecule has 0 saturated heterocycles. The van der Waals surface area contributed by atoms with Crippen LogP contribution in [0.3, 0.4) is 0 Å². The highest BCUT2D eigenvalue weighted by molar-refractivity contribution is 9.10. The second kappa shape index (κ2) is 6.09. The summed E-state index contributed by atoms with van der Waals surface area (Å²) >= 11 is 3.43. The van der Waals surface area contributed by atoms with Crippen LogP contribution in [0.15, 0.2) is 40.9 Å². The van der Waals surface area contributed by atoms with E-state index in [2.05, 4.69) is 15.9 Å². The Morgan fingerprint density at radius 1 is 1.00 bits per heavy atom. The Labute approximate surface area is 126 Å². The average Bonchev–Trinajstić information content (AvgIpc) is 2.45. The lowest BCUT2D eigenvalue weighted by Crippen LogP contribution is -2.03. The largest absolute Gasteiger partial charge is 0.493 e. The summed E-state index contributed by atoms with van der Waals surface area (Å²) < 4.78 is 11.2. The number of rotatable bonds is 4. The molecule has 0 saturated carbocycles. The standard InChI is InChI=1S/C16H15BrO3/c1-10-4-6-12(13(17)8-10)16(18)11-5-7-14(19-2)15(9-11)20-3/h4-9H,1-3H3. The van der Waals surface area contributed by atoms with E-state index in [1.165, 1.54) is 0 Å². The van der Waals surface area contributed by atoms with E-state index in [0.29, 0.717) is 22.6 Å². The van der Waals surface area contributed by atoms with Gasteiger partial charge in [-0.1, -0.05) is 22.0 Å². The van der Waals surface area contributed by atoms with Gasteiger partial charge in [0, 0.05) is 15.6 Å². The van der Waals surface area contributed by atoms with Crippen molar-refractivity contribution in [2.75, 3.05) is 14.2 Å². The molecular weight excluding hydrogens is 320 g/mol. The summed E-state index contributed by atoms with van der Waals surface area (Å²) in [6.45, 7) is 1.98. The Hall–Kier alpha value is -1.81. The summed E-state index contributed by atoms with van der Waals surface area (Å²) in [6, 6.07) is 10.8. The van der Waals surface area contributed by atoms with E-state index < -0.39 is 0 Å². The van der Waals surface area contributed by atoms with Crippen LogP contribution in [0.5, 0.6) is 11.5 Å². The van der Waals surface area contributed by atoms with E-state index in [9.17, 15) is 4.79 Å². The third-order valence-corrected chi connectivity index (χ3v) is 3.67. The molecule has 3 nitrogen and oxygen atoms in total. The maximum atomic E-state index is 12.5. The molecule has 0 amide bonds. The molecule has 0 aliphatic rings. The van der Waals surface area contributed by atoms with Crippen molar-refractivity contribution in [3.63, 3.8) is 0 Å². The zero-order valence-electron chi connectivity index (χ0n) is 11.6. The molecule has 104 valence electrons. The number of ether oxygens (including phenoxy) is 2. The zero-order chi connectivity index (χ0) is 14.7. The highest BCUT2D eigenvalue weighted by Gasteiger charge is 2.15. The lowest BCUT2D eigenvalue weighted by molar-refractivity contribution is 0.103. The van der Waals surface area contributed by atoms with Gasteiger partial charge in [-0.2, -0.15) is 0 Å². The first-order valence-corrected chi connectivity index (χ1v) is 6.89. The van der Waals surface area contributed by atoms with Crippen molar-refractivity contribution in [2.24, 2.45) is 0 Å². The Kier molecular flexibility index (Phi) is 4.45. The number of methoxy groups -OCH3 is 2. The van der Waals surface area contributed by atoms with E-state index in [0.717, 1.165) is 10.0 Å². The molecule has 2 aromatic rings. The van der Waals surface area contributed by atoms with Gasteiger partial charge < -0.3 is 9.47 Å². The lowest BCUT2D eigenvalue weighted by atomic mass is 10.0. The number of aryl methyl sites for hydroxylation is 1. The first kappa shape index (κ1) is 14.6. The molecule has 0 N–H and O–H groups in total. The van der Waals surface area contributed by atoms with Gasteiger partial charge in [-0.05, 0) is 42.8 Å². The zero-order valence-corrected chi connectivity index (χ0v) is 13.2. The molecule has 2 rings (SSSR count). The molecule has 0 radical (unpaired) electrons. The van der Waals surface area contributed by atoms with E-state index in [-0.39, 0.29) is 5.78 Å². The van der Waals surface area contributed by atoms with E-state index in [1.807, 2.05) is 25.1 Å². The van der Waals surface area contributed by atoms with Crippen molar-refractivity contribution in [3.05, 3.63) is 57.6 Å². The molecule has 0 unspecified atom stereocenters. The molecule has 20 heavy (non-hydrogen) atoms. The van der Waals surface area contributed by atoms with Crippen LogP contribution in [-0.4, -0.2) is 20.0 Å². The molecular formula is C16H15BrO3. The van der Waals surface area contributed by atoms with Gasteiger partial charge in [0.1, 0.15) is 0 Å². The quantitative estimate of drug-likeness (QED) is 0.792.